The van der Waals surface area contributed by atoms with Gasteiger partial charge in [-0.2, -0.15) is 0 Å². The molecule has 0 saturated carbocycles. The summed E-state index contributed by atoms with van der Waals surface area (Å²) < 4.78 is 12.7. The fraction of sp³-hybridized carbons (Fsp3) is 0.250. The summed E-state index contributed by atoms with van der Waals surface area (Å²) in [7, 11) is 3.23. The third-order valence-corrected chi connectivity index (χ3v) is 4.31. The molecule has 7 heteroatoms. The summed E-state index contributed by atoms with van der Waals surface area (Å²) in [4.78, 5) is 4.79. The summed E-state index contributed by atoms with van der Waals surface area (Å²) in [6, 6.07) is 13.8. The van der Waals surface area contributed by atoms with Crippen molar-refractivity contribution in [1.82, 2.24) is 19.6 Å². The number of nitrogens with zero attached hydrogens (tertiary/aromatic N) is 4. The Balaban J connectivity index is 2.00. The van der Waals surface area contributed by atoms with Gasteiger partial charge < -0.3 is 14.8 Å². The van der Waals surface area contributed by atoms with Crippen LogP contribution in [0, 0.1) is 0 Å². The Labute approximate surface area is 157 Å². The third-order valence-electron chi connectivity index (χ3n) is 4.31. The van der Waals surface area contributed by atoms with Crippen LogP contribution >= 0.6 is 0 Å². The van der Waals surface area contributed by atoms with Crippen molar-refractivity contribution in [2.45, 2.75) is 19.9 Å². The van der Waals surface area contributed by atoms with Crippen LogP contribution in [0.15, 0.2) is 42.5 Å². The van der Waals surface area contributed by atoms with Crippen LogP contribution in [-0.4, -0.2) is 39.8 Å². The molecule has 0 saturated heterocycles. The largest absolute Gasteiger partial charge is 0.493 e. The minimum absolute atomic E-state index is 0.211. The fourth-order valence-corrected chi connectivity index (χ4v) is 3.10. The lowest BCUT2D eigenvalue weighted by atomic mass is 10.2. The highest BCUT2D eigenvalue weighted by Crippen LogP contribution is 2.33. The molecule has 0 unspecified atom stereocenters. The first-order valence-corrected chi connectivity index (χ1v) is 8.75. The van der Waals surface area contributed by atoms with E-state index in [9.17, 15) is 0 Å². The van der Waals surface area contributed by atoms with E-state index in [-0.39, 0.29) is 6.04 Å². The minimum atomic E-state index is 0.211. The molecule has 7 nitrogen and oxygen atoms in total. The molecule has 0 atom stereocenters. The lowest BCUT2D eigenvalue weighted by Crippen LogP contribution is -2.15. The first kappa shape index (κ1) is 17.1. The lowest BCUT2D eigenvalue weighted by Gasteiger charge is -2.14. The van der Waals surface area contributed by atoms with Crippen LogP contribution in [0.3, 0.4) is 0 Å². The first-order valence-electron chi connectivity index (χ1n) is 8.75. The van der Waals surface area contributed by atoms with Gasteiger partial charge in [-0.25, -0.2) is 9.38 Å². The van der Waals surface area contributed by atoms with Crippen molar-refractivity contribution in [2.24, 2.45) is 0 Å². The average Bonchev–Trinajstić information content (AvgIpc) is 3.13. The second-order valence-electron chi connectivity index (χ2n) is 6.50. The van der Waals surface area contributed by atoms with E-state index >= 15 is 0 Å². The maximum atomic E-state index is 5.44. The van der Waals surface area contributed by atoms with Crippen LogP contribution in [0.2, 0.25) is 0 Å². The van der Waals surface area contributed by atoms with Gasteiger partial charge in [0.05, 0.1) is 19.7 Å². The predicted octanol–water partition coefficient (Wildman–Crippen LogP) is 3.78. The Morgan fingerprint density at radius 2 is 1.74 bits per heavy atom. The van der Waals surface area contributed by atoms with Crippen molar-refractivity contribution in [3.63, 3.8) is 0 Å². The van der Waals surface area contributed by atoms with Crippen molar-refractivity contribution in [3.05, 3.63) is 42.5 Å². The normalized spacial score (nSPS) is 11.3. The van der Waals surface area contributed by atoms with Gasteiger partial charge in [0.1, 0.15) is 0 Å². The van der Waals surface area contributed by atoms with Gasteiger partial charge in [0.15, 0.2) is 23.0 Å². The van der Waals surface area contributed by atoms with Gasteiger partial charge in [-0.05, 0) is 44.2 Å². The molecule has 4 aromatic rings. The monoisotopic (exact) mass is 363 g/mol. The molecule has 0 spiro atoms. The van der Waals surface area contributed by atoms with Crippen LogP contribution in [0.5, 0.6) is 11.5 Å². The van der Waals surface area contributed by atoms with E-state index in [1.807, 2.05) is 46.9 Å². The molecule has 2 aromatic heterocycles. The van der Waals surface area contributed by atoms with Gasteiger partial charge in [0.25, 0.3) is 0 Å². The molecule has 0 bridgehead atoms. The van der Waals surface area contributed by atoms with E-state index in [1.54, 1.807) is 14.2 Å². The first-order chi connectivity index (χ1) is 13.1. The number of nitrogens with one attached hydrogen (secondary N) is 1. The Hall–Kier alpha value is -3.35. The smallest absolute Gasteiger partial charge is 0.211 e. The quantitative estimate of drug-likeness (QED) is 0.582. The molecule has 0 aliphatic rings. The number of methoxy groups -OCH3 is 2. The van der Waals surface area contributed by atoms with Crippen molar-refractivity contribution in [3.8, 4) is 22.9 Å². The van der Waals surface area contributed by atoms with Crippen molar-refractivity contribution in [1.29, 1.82) is 0 Å². The van der Waals surface area contributed by atoms with Crippen LogP contribution in [0.4, 0.5) is 5.95 Å². The summed E-state index contributed by atoms with van der Waals surface area (Å²) in [6.45, 7) is 4.15. The third kappa shape index (κ3) is 2.91. The van der Waals surface area contributed by atoms with Gasteiger partial charge >= 0.3 is 0 Å². The molecule has 0 aliphatic carbocycles. The number of benzene rings is 2. The average molecular weight is 363 g/mol. The lowest BCUT2D eigenvalue weighted by molar-refractivity contribution is 0.355. The highest BCUT2D eigenvalue weighted by Gasteiger charge is 2.18. The van der Waals surface area contributed by atoms with E-state index < -0.39 is 0 Å². The Morgan fingerprint density at radius 3 is 2.48 bits per heavy atom. The van der Waals surface area contributed by atoms with Gasteiger partial charge in [0, 0.05) is 17.0 Å². The van der Waals surface area contributed by atoms with E-state index in [4.69, 9.17) is 14.5 Å². The molecule has 0 fully saturated rings. The topological polar surface area (TPSA) is 73.6 Å². The van der Waals surface area contributed by atoms with Crippen molar-refractivity contribution in [2.75, 3.05) is 19.5 Å². The van der Waals surface area contributed by atoms with Crippen molar-refractivity contribution >= 4 is 22.5 Å². The number of rotatable bonds is 5. The zero-order valence-electron chi connectivity index (χ0n) is 15.7. The SMILES string of the molecule is COc1ccc(-c2nnc3c4ccccc4nc(NC(C)C)n23)cc1OC. The molecule has 1 N–H and O–H groups in total. The van der Waals surface area contributed by atoms with Crippen molar-refractivity contribution < 1.29 is 9.47 Å². The van der Waals surface area contributed by atoms with Gasteiger partial charge in [-0.15, -0.1) is 10.2 Å². The summed E-state index contributed by atoms with van der Waals surface area (Å²) in [5, 5.41) is 13.3. The molecule has 27 heavy (non-hydrogen) atoms. The number of aromatic nitrogens is 4. The van der Waals surface area contributed by atoms with E-state index in [1.165, 1.54) is 0 Å². The zero-order valence-corrected chi connectivity index (χ0v) is 15.7. The maximum absolute atomic E-state index is 5.44. The highest BCUT2D eigenvalue weighted by molar-refractivity contribution is 5.93. The Morgan fingerprint density at radius 1 is 0.963 bits per heavy atom. The van der Waals surface area contributed by atoms with E-state index in [2.05, 4.69) is 29.4 Å². The molecule has 0 radical (unpaired) electrons. The Bertz CT molecular complexity index is 1120. The van der Waals surface area contributed by atoms with E-state index in [0.717, 1.165) is 22.1 Å². The summed E-state index contributed by atoms with van der Waals surface area (Å²) in [6.07, 6.45) is 0. The molecular weight excluding hydrogens is 342 g/mol. The number of para-hydroxylation sites is 1. The molecule has 0 aliphatic heterocycles. The second kappa shape index (κ2) is 6.75. The van der Waals surface area contributed by atoms with Gasteiger partial charge in [-0.3, -0.25) is 0 Å². The Kier molecular flexibility index (Phi) is 4.27. The number of hydrogen-bond acceptors (Lipinski definition) is 6. The summed E-state index contributed by atoms with van der Waals surface area (Å²) in [5.74, 6) is 2.69. The number of ether oxygens (including phenoxy) is 2. The fourth-order valence-electron chi connectivity index (χ4n) is 3.10. The molecule has 2 heterocycles. The van der Waals surface area contributed by atoms with Gasteiger partial charge in [0.2, 0.25) is 5.95 Å². The molecule has 4 rings (SSSR count). The van der Waals surface area contributed by atoms with Gasteiger partial charge in [-0.1, -0.05) is 12.1 Å². The van der Waals surface area contributed by atoms with Crippen LogP contribution in [0.1, 0.15) is 13.8 Å². The van der Waals surface area contributed by atoms with Crippen LogP contribution < -0.4 is 14.8 Å². The number of fused-ring (bicyclic) bond motifs is 3. The summed E-state index contributed by atoms with van der Waals surface area (Å²) >= 11 is 0. The van der Waals surface area contributed by atoms with E-state index in [0.29, 0.717) is 23.3 Å². The number of anilines is 1. The molecule has 0 amide bonds. The number of hydrogen-bond donors (Lipinski definition) is 1. The minimum Gasteiger partial charge on any atom is -0.493 e. The molecular formula is C20H21N5O2. The maximum Gasteiger partial charge on any atom is 0.211 e. The molecule has 138 valence electrons. The van der Waals surface area contributed by atoms with Crippen LogP contribution in [0.25, 0.3) is 27.9 Å². The van der Waals surface area contributed by atoms with Crippen LogP contribution in [-0.2, 0) is 0 Å². The molecule has 2 aromatic carbocycles. The summed E-state index contributed by atoms with van der Waals surface area (Å²) in [5.41, 5.74) is 2.50. The highest BCUT2D eigenvalue weighted by atomic mass is 16.5. The second-order valence-corrected chi connectivity index (χ2v) is 6.50. The standard InChI is InChI=1S/C20H21N5O2/c1-12(2)21-20-22-15-8-6-5-7-14(15)19-24-23-18(25(19)20)13-9-10-16(26-3)17(11-13)27-4/h5-12H,1-4H3,(H,21,22). The zero-order chi connectivity index (χ0) is 19.0. The predicted molar refractivity (Wildman–Crippen MR) is 106 cm³/mol.